The van der Waals surface area contributed by atoms with E-state index in [0.717, 1.165) is 65.4 Å². The molecule has 0 amide bonds. The normalized spacial score (nSPS) is 23.7. The van der Waals surface area contributed by atoms with Gasteiger partial charge < -0.3 is 20.1 Å². The summed E-state index contributed by atoms with van der Waals surface area (Å²) >= 11 is 0. The molecule has 2 saturated heterocycles. The van der Waals surface area contributed by atoms with Crippen LogP contribution in [0.15, 0.2) is 0 Å². The van der Waals surface area contributed by atoms with Crippen molar-refractivity contribution in [1.29, 1.82) is 0 Å². The Labute approximate surface area is 133 Å². The van der Waals surface area contributed by atoms with Gasteiger partial charge in [-0.2, -0.15) is 0 Å². The van der Waals surface area contributed by atoms with Crippen LogP contribution in [0.3, 0.4) is 0 Å². The molecular weight excluding hydrogens is 284 g/mol. The maximum atomic E-state index is 11.8. The molecule has 2 rings (SSSR count). The van der Waals surface area contributed by atoms with Gasteiger partial charge in [-0.15, -0.1) is 0 Å². The van der Waals surface area contributed by atoms with Crippen molar-refractivity contribution in [2.45, 2.75) is 26.1 Å². The Hall–Kier alpha value is -0.890. The molecular formula is C15H30N4O3. The zero-order valence-corrected chi connectivity index (χ0v) is 13.8. The molecule has 2 heterocycles. The summed E-state index contributed by atoms with van der Waals surface area (Å²) in [6.45, 7) is 13.4. The number of carbonyl (C=O) groups excluding carboxylic acids is 1. The van der Waals surface area contributed by atoms with Gasteiger partial charge in [-0.05, 0) is 13.8 Å². The van der Waals surface area contributed by atoms with Gasteiger partial charge in [0, 0.05) is 65.4 Å². The molecule has 0 radical (unpaired) electrons. The molecule has 0 aliphatic carbocycles. The Bertz CT molecular complexity index is 301. The fourth-order valence-corrected chi connectivity index (χ4v) is 2.95. The first-order valence-corrected chi connectivity index (χ1v) is 8.37. The number of hydrogen-bond acceptors (Lipinski definition) is 7. The minimum atomic E-state index is -0.551. The van der Waals surface area contributed by atoms with Crippen LogP contribution in [0.2, 0.25) is 0 Å². The minimum Gasteiger partial charge on any atom is -0.430 e. The molecule has 2 N–H and O–H groups in total. The zero-order chi connectivity index (χ0) is 15.8. The van der Waals surface area contributed by atoms with Crippen molar-refractivity contribution in [2.75, 3.05) is 65.4 Å². The van der Waals surface area contributed by atoms with Crippen molar-refractivity contribution < 1.29 is 14.3 Å². The molecule has 0 bridgehead atoms. The summed E-state index contributed by atoms with van der Waals surface area (Å²) in [5.74, 6) is 0. The molecule has 0 aromatic heterocycles. The first-order chi connectivity index (χ1) is 10.6. The second-order valence-corrected chi connectivity index (χ2v) is 6.21. The maximum Gasteiger partial charge on any atom is 0.508 e. The first kappa shape index (κ1) is 17.5. The second-order valence-electron chi connectivity index (χ2n) is 6.21. The fraction of sp³-hybridized carbons (Fsp3) is 0.933. The Morgan fingerprint density at radius 2 is 1.23 bits per heavy atom. The van der Waals surface area contributed by atoms with Gasteiger partial charge in [0.15, 0.2) is 0 Å². The third-order valence-corrected chi connectivity index (χ3v) is 4.04. The van der Waals surface area contributed by atoms with Crippen molar-refractivity contribution in [2.24, 2.45) is 0 Å². The van der Waals surface area contributed by atoms with E-state index in [-0.39, 0.29) is 12.2 Å². The number of piperazine rings is 2. The summed E-state index contributed by atoms with van der Waals surface area (Å²) in [5.41, 5.74) is 0. The number of rotatable bonds is 6. The van der Waals surface area contributed by atoms with Crippen LogP contribution in [0.1, 0.15) is 13.8 Å². The lowest BCUT2D eigenvalue weighted by Crippen LogP contribution is -2.47. The smallest absolute Gasteiger partial charge is 0.430 e. The Morgan fingerprint density at radius 1 is 0.864 bits per heavy atom. The van der Waals surface area contributed by atoms with Crippen molar-refractivity contribution >= 4 is 6.16 Å². The van der Waals surface area contributed by atoms with E-state index in [9.17, 15) is 4.79 Å². The molecule has 128 valence electrons. The van der Waals surface area contributed by atoms with Crippen molar-refractivity contribution in [3.05, 3.63) is 0 Å². The highest BCUT2D eigenvalue weighted by molar-refractivity contribution is 5.60. The van der Waals surface area contributed by atoms with Crippen LogP contribution in [-0.4, -0.2) is 93.6 Å². The van der Waals surface area contributed by atoms with E-state index in [1.54, 1.807) is 0 Å². The van der Waals surface area contributed by atoms with Crippen LogP contribution in [0.5, 0.6) is 0 Å². The third kappa shape index (κ3) is 6.48. The molecule has 7 nitrogen and oxygen atoms in total. The topological polar surface area (TPSA) is 66.1 Å². The molecule has 0 saturated carbocycles. The van der Waals surface area contributed by atoms with Gasteiger partial charge >= 0.3 is 6.16 Å². The molecule has 2 fully saturated rings. The summed E-state index contributed by atoms with van der Waals surface area (Å²) < 4.78 is 10.7. The lowest BCUT2D eigenvalue weighted by Gasteiger charge is -2.30. The highest BCUT2D eigenvalue weighted by atomic mass is 16.7. The quantitative estimate of drug-likeness (QED) is 0.654. The number of nitrogens with zero attached hydrogens (tertiary/aromatic N) is 2. The van der Waals surface area contributed by atoms with Crippen LogP contribution in [0, 0.1) is 0 Å². The van der Waals surface area contributed by atoms with Crippen LogP contribution < -0.4 is 10.6 Å². The number of ether oxygens (including phenoxy) is 2. The standard InChI is InChI=1S/C15H30N4O3/c1-13(11-18-7-3-16-4-8-18)21-15(20)22-14(2)12-19-9-5-17-6-10-19/h13-14,16-17H,3-12H2,1-2H3. The van der Waals surface area contributed by atoms with Crippen LogP contribution in [-0.2, 0) is 9.47 Å². The van der Waals surface area contributed by atoms with E-state index < -0.39 is 6.16 Å². The number of hydrogen-bond donors (Lipinski definition) is 2. The first-order valence-electron chi connectivity index (χ1n) is 8.37. The summed E-state index contributed by atoms with van der Waals surface area (Å²) in [5, 5.41) is 6.62. The maximum absolute atomic E-state index is 11.8. The largest absolute Gasteiger partial charge is 0.508 e. The van der Waals surface area contributed by atoms with Crippen molar-refractivity contribution in [1.82, 2.24) is 20.4 Å². The van der Waals surface area contributed by atoms with Crippen LogP contribution in [0.4, 0.5) is 4.79 Å². The average molecular weight is 314 g/mol. The number of carbonyl (C=O) groups is 1. The van der Waals surface area contributed by atoms with Gasteiger partial charge in [0.05, 0.1) is 0 Å². The van der Waals surface area contributed by atoms with Gasteiger partial charge in [0.25, 0.3) is 0 Å². The molecule has 0 spiro atoms. The highest BCUT2D eigenvalue weighted by Gasteiger charge is 2.20. The molecule has 7 heteroatoms. The average Bonchev–Trinajstić information content (AvgIpc) is 2.48. The zero-order valence-electron chi connectivity index (χ0n) is 13.8. The second kappa shape index (κ2) is 9.29. The lowest BCUT2D eigenvalue weighted by molar-refractivity contribution is -0.0106. The summed E-state index contributed by atoms with van der Waals surface area (Å²) in [4.78, 5) is 16.4. The Kier molecular flexibility index (Phi) is 7.38. The van der Waals surface area contributed by atoms with Gasteiger partial charge in [-0.3, -0.25) is 9.80 Å². The van der Waals surface area contributed by atoms with Gasteiger partial charge in [-0.1, -0.05) is 0 Å². The number of nitrogens with one attached hydrogen (secondary N) is 2. The summed E-state index contributed by atoms with van der Waals surface area (Å²) in [6.07, 6.45) is -0.834. The van der Waals surface area contributed by atoms with Crippen molar-refractivity contribution in [3.8, 4) is 0 Å². The Balaban J connectivity index is 1.61. The third-order valence-electron chi connectivity index (χ3n) is 4.04. The van der Waals surface area contributed by atoms with Crippen molar-refractivity contribution in [3.63, 3.8) is 0 Å². The molecule has 22 heavy (non-hydrogen) atoms. The molecule has 2 atom stereocenters. The van der Waals surface area contributed by atoms with E-state index in [1.165, 1.54) is 0 Å². The van der Waals surface area contributed by atoms with Gasteiger partial charge in [-0.25, -0.2) is 4.79 Å². The fourth-order valence-electron chi connectivity index (χ4n) is 2.95. The lowest BCUT2D eigenvalue weighted by atomic mass is 10.3. The molecule has 2 unspecified atom stereocenters. The molecule has 2 aliphatic heterocycles. The van der Waals surface area contributed by atoms with E-state index in [2.05, 4.69) is 20.4 Å². The SMILES string of the molecule is CC(CN1CCNCC1)OC(=O)OC(C)CN1CCNCC1. The van der Waals surface area contributed by atoms with Gasteiger partial charge in [0.2, 0.25) is 0 Å². The monoisotopic (exact) mass is 314 g/mol. The minimum absolute atomic E-state index is 0.142. The van der Waals surface area contributed by atoms with Crippen LogP contribution >= 0.6 is 0 Å². The predicted octanol–water partition coefficient (Wildman–Crippen LogP) is -0.273. The molecule has 0 aromatic rings. The Morgan fingerprint density at radius 3 is 1.59 bits per heavy atom. The van der Waals surface area contributed by atoms with E-state index in [1.807, 2.05) is 13.8 Å². The van der Waals surface area contributed by atoms with E-state index in [0.29, 0.717) is 0 Å². The predicted molar refractivity (Wildman–Crippen MR) is 85.1 cm³/mol. The summed E-state index contributed by atoms with van der Waals surface area (Å²) in [7, 11) is 0. The summed E-state index contributed by atoms with van der Waals surface area (Å²) in [6, 6.07) is 0. The van der Waals surface area contributed by atoms with Gasteiger partial charge in [0.1, 0.15) is 12.2 Å². The highest BCUT2D eigenvalue weighted by Crippen LogP contribution is 2.04. The molecule has 2 aliphatic rings. The van der Waals surface area contributed by atoms with E-state index >= 15 is 0 Å². The van der Waals surface area contributed by atoms with E-state index in [4.69, 9.17) is 9.47 Å². The van der Waals surface area contributed by atoms with Crippen LogP contribution in [0.25, 0.3) is 0 Å². The molecule has 0 aromatic carbocycles.